The highest BCUT2D eigenvalue weighted by Gasteiger charge is 2.22. The summed E-state index contributed by atoms with van der Waals surface area (Å²) in [4.78, 5) is 15.9. The molecule has 0 heterocycles. The van der Waals surface area contributed by atoms with Crippen LogP contribution in [0, 0.1) is 0 Å². The van der Waals surface area contributed by atoms with Crippen molar-refractivity contribution in [3.8, 4) is 5.75 Å². The molecule has 1 saturated carbocycles. The Hall–Kier alpha value is -0.640. The number of ether oxygens (including phenoxy) is 1. The highest BCUT2D eigenvalue weighted by Crippen LogP contribution is 2.35. The van der Waals surface area contributed by atoms with Crippen LogP contribution in [0.4, 0.5) is 0 Å². The van der Waals surface area contributed by atoms with Crippen LogP contribution in [0.5, 0.6) is 5.75 Å². The topological polar surface area (TPSA) is 74.8 Å². The molecule has 26 heavy (non-hydrogen) atoms. The molecule has 1 amide bonds. The second-order valence-electron chi connectivity index (χ2n) is 5.51. The molecule has 0 bridgehead atoms. The Morgan fingerprint density at radius 3 is 2.46 bits per heavy atom. The summed E-state index contributed by atoms with van der Waals surface area (Å²) in [5.74, 6) is 0.862. The maximum Gasteiger partial charge on any atom is 0.242 e. The lowest BCUT2D eigenvalue weighted by Gasteiger charge is -2.13. The van der Waals surface area contributed by atoms with Gasteiger partial charge < -0.3 is 20.7 Å². The van der Waals surface area contributed by atoms with Crippen LogP contribution >= 0.6 is 58.8 Å². The van der Waals surface area contributed by atoms with E-state index in [1.54, 1.807) is 12.1 Å². The number of hydrogen-bond donors (Lipinski definition) is 3. The molecule has 1 aliphatic rings. The van der Waals surface area contributed by atoms with E-state index in [0.717, 1.165) is 12.8 Å². The van der Waals surface area contributed by atoms with E-state index in [9.17, 15) is 4.79 Å². The molecule has 0 radical (unpaired) electrons. The van der Waals surface area contributed by atoms with Crippen molar-refractivity contribution in [1.82, 2.24) is 16.0 Å². The average molecular weight is 536 g/mol. The van der Waals surface area contributed by atoms with Gasteiger partial charge in [-0.25, -0.2) is 4.99 Å². The first-order valence-corrected chi connectivity index (χ1v) is 9.22. The van der Waals surface area contributed by atoms with E-state index in [2.05, 4.69) is 20.9 Å². The molecule has 0 spiro atoms. The monoisotopic (exact) mass is 534 g/mol. The SMILES string of the molecule is CCNC(=NCC(=O)NC1CC1)NCCOc1c(Cl)cc(Cl)cc1Cl.I. The summed E-state index contributed by atoms with van der Waals surface area (Å²) in [6.07, 6.45) is 2.11. The molecular formula is C16H22Cl3IN4O2. The van der Waals surface area contributed by atoms with Gasteiger partial charge in [-0.3, -0.25) is 4.79 Å². The highest BCUT2D eigenvalue weighted by atomic mass is 127. The first kappa shape index (κ1) is 23.4. The maximum atomic E-state index is 11.7. The standard InChI is InChI=1S/C16H21Cl3N4O2.HI/c1-2-20-16(22-9-14(24)23-11-3-4-11)21-5-6-25-15-12(18)7-10(17)8-13(15)19;/h7-8,11H,2-6,9H2,1H3,(H,23,24)(H2,20,21,22);1H. The molecule has 3 N–H and O–H groups in total. The van der Waals surface area contributed by atoms with Gasteiger partial charge in [0, 0.05) is 17.6 Å². The first-order chi connectivity index (χ1) is 12.0. The first-order valence-electron chi connectivity index (χ1n) is 8.08. The van der Waals surface area contributed by atoms with Crippen LogP contribution in [0.3, 0.4) is 0 Å². The van der Waals surface area contributed by atoms with Gasteiger partial charge in [-0.15, -0.1) is 24.0 Å². The summed E-state index contributed by atoms with van der Waals surface area (Å²) in [7, 11) is 0. The second kappa shape index (κ2) is 11.9. The van der Waals surface area contributed by atoms with E-state index in [1.807, 2.05) is 6.92 Å². The van der Waals surface area contributed by atoms with Crippen molar-refractivity contribution in [2.45, 2.75) is 25.8 Å². The Bertz CT molecular complexity index is 619. The predicted octanol–water partition coefficient (Wildman–Crippen LogP) is 3.48. The van der Waals surface area contributed by atoms with E-state index in [-0.39, 0.29) is 36.4 Å². The van der Waals surface area contributed by atoms with E-state index < -0.39 is 0 Å². The summed E-state index contributed by atoms with van der Waals surface area (Å²) in [6, 6.07) is 3.48. The summed E-state index contributed by atoms with van der Waals surface area (Å²) in [6.45, 7) is 3.50. The Kier molecular flexibility index (Phi) is 10.7. The van der Waals surface area contributed by atoms with Crippen molar-refractivity contribution in [2.24, 2.45) is 4.99 Å². The van der Waals surface area contributed by atoms with Gasteiger partial charge in [-0.05, 0) is 31.9 Å². The molecular weight excluding hydrogens is 513 g/mol. The van der Waals surface area contributed by atoms with Crippen LogP contribution in [0.2, 0.25) is 15.1 Å². The minimum Gasteiger partial charge on any atom is -0.489 e. The molecule has 0 aromatic heterocycles. The summed E-state index contributed by atoms with van der Waals surface area (Å²) in [5, 5.41) is 10.2. The number of carbonyl (C=O) groups is 1. The normalized spacial score (nSPS) is 13.6. The van der Waals surface area contributed by atoms with Crippen LogP contribution in [-0.4, -0.2) is 44.1 Å². The lowest BCUT2D eigenvalue weighted by atomic mass is 10.3. The van der Waals surface area contributed by atoms with Crippen molar-refractivity contribution in [3.63, 3.8) is 0 Å². The third-order valence-corrected chi connectivity index (χ3v) is 4.05. The molecule has 6 nitrogen and oxygen atoms in total. The molecule has 0 unspecified atom stereocenters. The molecule has 0 aliphatic heterocycles. The summed E-state index contributed by atoms with van der Waals surface area (Å²) in [5.41, 5.74) is 0. The predicted molar refractivity (Wildman–Crippen MR) is 118 cm³/mol. The van der Waals surface area contributed by atoms with Crippen molar-refractivity contribution in [3.05, 3.63) is 27.2 Å². The number of hydrogen-bond acceptors (Lipinski definition) is 3. The number of benzene rings is 1. The fourth-order valence-electron chi connectivity index (χ4n) is 1.98. The number of aliphatic imine (C=N–C) groups is 1. The minimum atomic E-state index is -0.0734. The molecule has 0 atom stereocenters. The van der Waals surface area contributed by atoms with Gasteiger partial charge in [0.15, 0.2) is 11.7 Å². The molecule has 1 fully saturated rings. The maximum absolute atomic E-state index is 11.7. The van der Waals surface area contributed by atoms with Crippen LogP contribution < -0.4 is 20.7 Å². The van der Waals surface area contributed by atoms with Gasteiger partial charge in [0.25, 0.3) is 0 Å². The lowest BCUT2D eigenvalue weighted by Crippen LogP contribution is -2.40. The molecule has 1 aliphatic carbocycles. The summed E-state index contributed by atoms with van der Waals surface area (Å²) >= 11 is 18.0. The highest BCUT2D eigenvalue weighted by molar-refractivity contribution is 14.0. The number of nitrogens with zero attached hydrogens (tertiary/aromatic N) is 1. The fraction of sp³-hybridized carbons (Fsp3) is 0.500. The Labute approximate surface area is 185 Å². The number of nitrogens with one attached hydrogen (secondary N) is 3. The Balaban J connectivity index is 0.00000338. The molecule has 146 valence electrons. The van der Waals surface area contributed by atoms with Gasteiger partial charge in [0.1, 0.15) is 13.2 Å². The van der Waals surface area contributed by atoms with Crippen molar-refractivity contribution in [1.29, 1.82) is 0 Å². The van der Waals surface area contributed by atoms with Crippen LogP contribution in [0.15, 0.2) is 17.1 Å². The van der Waals surface area contributed by atoms with Crippen LogP contribution in [0.1, 0.15) is 19.8 Å². The molecule has 2 rings (SSSR count). The lowest BCUT2D eigenvalue weighted by molar-refractivity contribution is -0.119. The molecule has 1 aromatic carbocycles. The quantitative estimate of drug-likeness (QED) is 0.206. The van der Waals surface area contributed by atoms with E-state index >= 15 is 0 Å². The number of carbonyl (C=O) groups excluding carboxylic acids is 1. The largest absolute Gasteiger partial charge is 0.489 e. The molecule has 10 heteroatoms. The van der Waals surface area contributed by atoms with Crippen LogP contribution in [0.25, 0.3) is 0 Å². The summed E-state index contributed by atoms with van der Waals surface area (Å²) < 4.78 is 5.59. The second-order valence-corrected chi connectivity index (χ2v) is 6.76. The third kappa shape index (κ3) is 8.37. The average Bonchev–Trinajstić information content (AvgIpc) is 3.34. The number of amides is 1. The van der Waals surface area contributed by atoms with E-state index in [0.29, 0.717) is 52.5 Å². The van der Waals surface area contributed by atoms with Crippen LogP contribution in [-0.2, 0) is 4.79 Å². The molecule has 1 aromatic rings. The van der Waals surface area contributed by atoms with Crippen molar-refractivity contribution >= 4 is 70.6 Å². The molecule has 0 saturated heterocycles. The zero-order chi connectivity index (χ0) is 18.2. The van der Waals surface area contributed by atoms with Gasteiger partial charge in [0.2, 0.25) is 5.91 Å². The van der Waals surface area contributed by atoms with Gasteiger partial charge in [-0.1, -0.05) is 34.8 Å². The fourth-order valence-corrected chi connectivity index (χ4v) is 2.91. The zero-order valence-electron chi connectivity index (χ0n) is 14.3. The van der Waals surface area contributed by atoms with E-state index in [1.165, 1.54) is 0 Å². The zero-order valence-corrected chi connectivity index (χ0v) is 18.9. The number of rotatable bonds is 8. The number of halogens is 4. The minimum absolute atomic E-state index is 0. The van der Waals surface area contributed by atoms with Gasteiger partial charge in [0.05, 0.1) is 16.6 Å². The smallest absolute Gasteiger partial charge is 0.242 e. The van der Waals surface area contributed by atoms with Crippen molar-refractivity contribution in [2.75, 3.05) is 26.2 Å². The number of guanidine groups is 1. The van der Waals surface area contributed by atoms with Gasteiger partial charge in [-0.2, -0.15) is 0 Å². The third-order valence-electron chi connectivity index (χ3n) is 3.27. The Morgan fingerprint density at radius 1 is 1.23 bits per heavy atom. The van der Waals surface area contributed by atoms with E-state index in [4.69, 9.17) is 39.5 Å². The Morgan fingerprint density at radius 2 is 1.88 bits per heavy atom. The van der Waals surface area contributed by atoms with Gasteiger partial charge >= 0.3 is 0 Å². The van der Waals surface area contributed by atoms with Crippen molar-refractivity contribution < 1.29 is 9.53 Å².